The highest BCUT2D eigenvalue weighted by Gasteiger charge is 2.37. The van der Waals surface area contributed by atoms with Crippen LogP contribution in [-0.2, 0) is 20.0 Å². The van der Waals surface area contributed by atoms with Crippen LogP contribution in [0.1, 0.15) is 65.9 Å². The fourth-order valence-corrected chi connectivity index (χ4v) is 8.35. The second-order valence-corrected chi connectivity index (χ2v) is 17.7. The van der Waals surface area contributed by atoms with E-state index in [0.717, 1.165) is 11.3 Å². The number of ether oxygens (including phenoxy) is 1. The highest BCUT2D eigenvalue weighted by atomic mass is 32.2. The van der Waals surface area contributed by atoms with Crippen molar-refractivity contribution in [2.45, 2.75) is 45.7 Å². The Kier molecular flexibility index (Phi) is 7.62. The molecule has 0 aliphatic carbocycles. The number of carboxylic acids is 1. The van der Waals surface area contributed by atoms with Gasteiger partial charge in [-0.1, -0.05) is 23.8 Å². The van der Waals surface area contributed by atoms with Gasteiger partial charge in [-0.05, 0) is 61.8 Å². The van der Waals surface area contributed by atoms with Gasteiger partial charge in [-0.2, -0.15) is 8.42 Å². The minimum absolute atomic E-state index is 0.0661. The van der Waals surface area contributed by atoms with Crippen LogP contribution in [0.15, 0.2) is 54.6 Å². The molecule has 0 fully saturated rings. The lowest BCUT2D eigenvalue weighted by molar-refractivity contribution is 0.0696. The first-order chi connectivity index (χ1) is 22.1. The summed E-state index contributed by atoms with van der Waals surface area (Å²) < 4.78 is 68.1. The number of sulfone groups is 1. The van der Waals surface area contributed by atoms with Crippen molar-refractivity contribution in [3.63, 3.8) is 0 Å². The van der Waals surface area contributed by atoms with Crippen molar-refractivity contribution in [3.8, 4) is 11.5 Å². The molecule has 2 N–H and O–H groups in total. The summed E-state index contributed by atoms with van der Waals surface area (Å²) in [6.07, 6.45) is 4.94. The average molecular weight is 692 g/mol. The number of anilines is 1. The third-order valence-corrected chi connectivity index (χ3v) is 11.1. The van der Waals surface area contributed by atoms with Gasteiger partial charge in [-0.3, -0.25) is 4.55 Å². The molecule has 0 spiro atoms. The predicted octanol–water partition coefficient (Wildman–Crippen LogP) is 3.89. The monoisotopic (exact) mass is 691 g/mol. The molecule has 10 nitrogen and oxygen atoms in total. The molecule has 0 unspecified atom stereocenters. The number of hydrogen-bond acceptors (Lipinski definition) is 7. The molecule has 0 bridgehead atoms. The number of rotatable bonds is 6. The largest absolute Gasteiger partial charge is 0.478 e. The number of hydrogen-bond donors (Lipinski definition) is 2. The normalized spacial score (nSPS) is 17.7. The quantitative estimate of drug-likeness (QED) is 0.228. The van der Waals surface area contributed by atoms with E-state index >= 15 is 0 Å². The zero-order valence-electron chi connectivity index (χ0n) is 28.2. The van der Waals surface area contributed by atoms with E-state index < -0.39 is 42.8 Å². The van der Waals surface area contributed by atoms with Gasteiger partial charge in [0.05, 0.1) is 28.5 Å². The molecule has 0 radical (unpaired) electrons. The highest BCUT2D eigenvalue weighted by molar-refractivity contribution is 7.91. The Balaban J connectivity index is 1.78. The van der Waals surface area contributed by atoms with E-state index in [1.165, 1.54) is 6.26 Å². The Morgan fingerprint density at radius 3 is 2.17 bits per heavy atom. The van der Waals surface area contributed by atoms with Crippen LogP contribution in [0, 0.1) is 6.92 Å². The number of carbonyl (C=O) groups is 1. The van der Waals surface area contributed by atoms with Gasteiger partial charge in [-0.15, -0.1) is 0 Å². The van der Waals surface area contributed by atoms with Crippen LogP contribution in [0.4, 0.5) is 5.69 Å². The molecule has 0 atom stereocenters. The summed E-state index contributed by atoms with van der Waals surface area (Å²) in [5.41, 5.74) is 4.24. The number of aryl methyl sites for hydroxylation is 1. The molecular formula is C36H39N2O8S2+. The van der Waals surface area contributed by atoms with Crippen molar-refractivity contribution in [1.29, 1.82) is 0 Å². The molecule has 6 rings (SSSR count). The van der Waals surface area contributed by atoms with Gasteiger partial charge < -0.3 is 14.7 Å². The third-order valence-electron chi connectivity index (χ3n) is 9.58. The second-order valence-electron chi connectivity index (χ2n) is 14.1. The van der Waals surface area contributed by atoms with Crippen LogP contribution in [0.2, 0.25) is 0 Å². The summed E-state index contributed by atoms with van der Waals surface area (Å²) in [5, 5.41) is 11.6. The lowest BCUT2D eigenvalue weighted by Crippen LogP contribution is -2.47. The predicted molar refractivity (Wildman–Crippen MR) is 188 cm³/mol. The van der Waals surface area contributed by atoms with E-state index in [1.807, 2.05) is 83.6 Å². The van der Waals surface area contributed by atoms with Crippen molar-refractivity contribution in [3.05, 3.63) is 98.6 Å². The van der Waals surface area contributed by atoms with Crippen LogP contribution in [-0.4, -0.2) is 75.4 Å². The van der Waals surface area contributed by atoms with Crippen molar-refractivity contribution in [2.24, 2.45) is 0 Å². The van der Waals surface area contributed by atoms with E-state index in [-0.39, 0.29) is 11.3 Å². The Bertz CT molecular complexity index is 2390. The Morgan fingerprint density at radius 2 is 1.54 bits per heavy atom. The van der Waals surface area contributed by atoms with Gasteiger partial charge in [0, 0.05) is 60.8 Å². The highest BCUT2D eigenvalue weighted by Crippen LogP contribution is 2.46. The fourth-order valence-electron chi connectivity index (χ4n) is 6.91. The van der Waals surface area contributed by atoms with Gasteiger partial charge >= 0.3 is 5.97 Å². The Hall–Kier alpha value is -4.26. The number of aromatic carboxylic acids is 1. The number of likely N-dealkylation sites (N-methyl/N-ethyl adjacent to an activating group) is 2. The summed E-state index contributed by atoms with van der Waals surface area (Å²) >= 11 is 0. The zero-order chi connectivity index (χ0) is 35.3. The molecule has 0 aromatic heterocycles. The van der Waals surface area contributed by atoms with Crippen molar-refractivity contribution in [2.75, 3.05) is 36.8 Å². The molecule has 3 aromatic rings. The van der Waals surface area contributed by atoms with Crippen LogP contribution in [0.25, 0.3) is 16.7 Å². The molecular weight excluding hydrogens is 653 g/mol. The summed E-state index contributed by atoms with van der Waals surface area (Å²) in [5.74, 6) is -1.02. The molecule has 252 valence electrons. The third kappa shape index (κ3) is 5.86. The summed E-state index contributed by atoms with van der Waals surface area (Å²) in [6.45, 7) is 9.67. The van der Waals surface area contributed by atoms with Gasteiger partial charge in [0.1, 0.15) is 24.3 Å². The Morgan fingerprint density at radius 1 is 0.875 bits per heavy atom. The van der Waals surface area contributed by atoms with Crippen LogP contribution in [0.3, 0.4) is 0 Å². The van der Waals surface area contributed by atoms with Gasteiger partial charge in [-0.25, -0.2) is 17.8 Å². The SMILES string of the molecule is Cc1ccc(C2=c3cc4c(cc3Oc3cc5c(cc32)C(CS(C)(=O)=O)=CC(C)(C)N5C)=[N+](C)C(C)(C)C=C4CS(=O)(=O)O)c(C(=O)O)c1. The smallest absolute Gasteiger partial charge is 0.336 e. The summed E-state index contributed by atoms with van der Waals surface area (Å²) in [4.78, 5) is 14.8. The first-order valence-corrected chi connectivity index (χ1v) is 19.0. The summed E-state index contributed by atoms with van der Waals surface area (Å²) in [6, 6.07) is 12.5. The lowest BCUT2D eigenvalue weighted by atomic mass is 9.83. The maximum absolute atomic E-state index is 12.7. The van der Waals surface area contributed by atoms with Crippen LogP contribution in [0.5, 0.6) is 11.5 Å². The second kappa shape index (κ2) is 10.9. The standard InChI is InChI=1S/C36H38N2O8S2/c1-20-9-10-23(26(11-20)34(39)40)33-27-12-24-21(18-47(8,41)42)16-35(2,3)37(6)29(24)14-31(27)46-32-15-30-25(13-28(32)33)22(19-48(43,44)45)17-36(4,5)38(30)7/h9-17H,18-19H2,1-8H3,(H-,39,40,43,44,45)/p+1. The number of benzene rings is 3. The topological polar surface area (TPSA) is 141 Å². The van der Waals surface area contributed by atoms with Crippen molar-refractivity contribution < 1.29 is 36.0 Å². The average Bonchev–Trinajstić information content (AvgIpc) is 2.94. The number of fused-ring (bicyclic) bond motifs is 4. The maximum atomic E-state index is 12.7. The van der Waals surface area contributed by atoms with E-state index in [9.17, 15) is 31.3 Å². The zero-order valence-corrected chi connectivity index (χ0v) is 29.8. The fraction of sp³-hybridized carbons (Fsp3) is 0.333. The van der Waals surface area contributed by atoms with E-state index in [1.54, 1.807) is 24.3 Å². The van der Waals surface area contributed by atoms with Crippen LogP contribution >= 0.6 is 0 Å². The Labute approximate surface area is 280 Å². The van der Waals surface area contributed by atoms with Crippen LogP contribution < -0.4 is 24.8 Å². The summed E-state index contributed by atoms with van der Waals surface area (Å²) in [7, 11) is -4.01. The van der Waals surface area contributed by atoms with Gasteiger partial charge in [0.25, 0.3) is 10.1 Å². The molecule has 0 saturated carbocycles. The molecule has 0 saturated heterocycles. The molecule has 3 aliphatic heterocycles. The number of nitrogens with zero attached hydrogens (tertiary/aromatic N) is 2. The molecule has 3 aromatic carbocycles. The van der Waals surface area contributed by atoms with Gasteiger partial charge in [0.2, 0.25) is 5.36 Å². The maximum Gasteiger partial charge on any atom is 0.336 e. The van der Waals surface area contributed by atoms with Gasteiger partial charge in [0.15, 0.2) is 15.4 Å². The number of carboxylic acid groups (broad SMARTS) is 1. The first kappa shape index (κ1) is 33.6. The van der Waals surface area contributed by atoms with Crippen molar-refractivity contribution in [1.82, 2.24) is 4.58 Å². The molecule has 48 heavy (non-hydrogen) atoms. The lowest BCUT2D eigenvalue weighted by Gasteiger charge is -2.41. The minimum Gasteiger partial charge on any atom is -0.478 e. The van der Waals surface area contributed by atoms with E-state index in [4.69, 9.17) is 4.74 Å². The molecule has 0 amide bonds. The minimum atomic E-state index is -4.40. The molecule has 12 heteroatoms. The molecule has 3 aliphatic rings. The van der Waals surface area contributed by atoms with E-state index in [2.05, 4.69) is 4.90 Å². The van der Waals surface area contributed by atoms with Crippen molar-refractivity contribution >= 4 is 48.3 Å². The van der Waals surface area contributed by atoms with E-state index in [0.29, 0.717) is 61.0 Å². The first-order valence-electron chi connectivity index (χ1n) is 15.4. The molecule has 3 heterocycles.